The zero-order valence-corrected chi connectivity index (χ0v) is 11.4. The number of aliphatic hydroxyl groups is 1. The van der Waals surface area contributed by atoms with Gasteiger partial charge in [-0.1, -0.05) is 24.3 Å². The van der Waals surface area contributed by atoms with Crippen LogP contribution in [0.5, 0.6) is 0 Å². The predicted molar refractivity (Wildman–Crippen MR) is 76.5 cm³/mol. The summed E-state index contributed by atoms with van der Waals surface area (Å²) in [7, 11) is 0. The lowest BCUT2D eigenvalue weighted by Gasteiger charge is -2.18. The standard InChI is InChI=1S/C16H18N2O2/c1-2-18-9-5-8-13(18)16(20)17-15-12-7-4-3-6-11(12)10-14(15)19/h3-9,14-15,19H,2,10H2,1H3,(H,17,20)/t14-,15+/m1/s1. The Morgan fingerprint density at radius 2 is 2.15 bits per heavy atom. The average Bonchev–Trinajstić information content (AvgIpc) is 3.04. The summed E-state index contributed by atoms with van der Waals surface area (Å²) >= 11 is 0. The van der Waals surface area contributed by atoms with Crippen molar-refractivity contribution in [1.29, 1.82) is 0 Å². The van der Waals surface area contributed by atoms with Crippen molar-refractivity contribution < 1.29 is 9.90 Å². The third kappa shape index (κ3) is 2.12. The Labute approximate surface area is 118 Å². The summed E-state index contributed by atoms with van der Waals surface area (Å²) in [6, 6.07) is 11.2. The highest BCUT2D eigenvalue weighted by atomic mass is 16.3. The maximum atomic E-state index is 12.4. The molecule has 0 radical (unpaired) electrons. The van der Waals surface area contributed by atoms with Crippen LogP contribution in [0.1, 0.15) is 34.6 Å². The molecule has 1 heterocycles. The van der Waals surface area contributed by atoms with Gasteiger partial charge in [-0.2, -0.15) is 0 Å². The van der Waals surface area contributed by atoms with E-state index in [9.17, 15) is 9.90 Å². The number of carbonyl (C=O) groups is 1. The highest BCUT2D eigenvalue weighted by Gasteiger charge is 2.32. The van der Waals surface area contributed by atoms with E-state index >= 15 is 0 Å². The Morgan fingerprint density at radius 3 is 2.95 bits per heavy atom. The predicted octanol–water partition coefficient (Wildman–Crippen LogP) is 1.90. The smallest absolute Gasteiger partial charge is 0.268 e. The van der Waals surface area contributed by atoms with E-state index in [4.69, 9.17) is 0 Å². The van der Waals surface area contributed by atoms with E-state index < -0.39 is 6.10 Å². The zero-order chi connectivity index (χ0) is 14.1. The molecule has 1 aromatic carbocycles. The highest BCUT2D eigenvalue weighted by Crippen LogP contribution is 2.31. The SMILES string of the molecule is CCn1cccc1C(=O)N[C@H]1c2ccccc2C[C@H]1O. The highest BCUT2D eigenvalue weighted by molar-refractivity contribution is 5.93. The Bertz CT molecular complexity index is 633. The van der Waals surface area contributed by atoms with E-state index in [1.807, 2.05) is 48.0 Å². The third-order valence-corrected chi connectivity index (χ3v) is 3.89. The zero-order valence-electron chi connectivity index (χ0n) is 11.4. The van der Waals surface area contributed by atoms with Gasteiger partial charge in [0, 0.05) is 19.2 Å². The van der Waals surface area contributed by atoms with Crippen molar-refractivity contribution in [2.45, 2.75) is 32.0 Å². The fraction of sp³-hybridized carbons (Fsp3) is 0.312. The monoisotopic (exact) mass is 270 g/mol. The third-order valence-electron chi connectivity index (χ3n) is 3.89. The van der Waals surface area contributed by atoms with E-state index in [2.05, 4.69) is 5.32 Å². The van der Waals surface area contributed by atoms with E-state index in [1.54, 1.807) is 6.07 Å². The van der Waals surface area contributed by atoms with Crippen molar-refractivity contribution in [3.63, 3.8) is 0 Å². The van der Waals surface area contributed by atoms with Gasteiger partial charge < -0.3 is 15.0 Å². The lowest BCUT2D eigenvalue weighted by atomic mass is 10.1. The number of aliphatic hydroxyl groups excluding tert-OH is 1. The molecule has 1 aliphatic rings. The molecule has 1 aromatic heterocycles. The number of hydrogen-bond donors (Lipinski definition) is 2. The number of amides is 1. The molecule has 3 rings (SSSR count). The van der Waals surface area contributed by atoms with Gasteiger partial charge in [-0.3, -0.25) is 4.79 Å². The molecule has 4 heteroatoms. The number of nitrogens with zero attached hydrogens (tertiary/aromatic N) is 1. The maximum Gasteiger partial charge on any atom is 0.268 e. The van der Waals surface area contributed by atoms with Crippen LogP contribution in [-0.2, 0) is 13.0 Å². The van der Waals surface area contributed by atoms with Crippen LogP contribution in [0.4, 0.5) is 0 Å². The van der Waals surface area contributed by atoms with Gasteiger partial charge in [0.15, 0.2) is 0 Å². The summed E-state index contributed by atoms with van der Waals surface area (Å²) < 4.78 is 1.89. The average molecular weight is 270 g/mol. The number of hydrogen-bond acceptors (Lipinski definition) is 2. The first-order valence-corrected chi connectivity index (χ1v) is 6.92. The number of benzene rings is 1. The molecule has 0 aliphatic heterocycles. The molecule has 0 saturated carbocycles. The Balaban J connectivity index is 1.83. The van der Waals surface area contributed by atoms with Crippen molar-refractivity contribution >= 4 is 5.91 Å². The molecule has 20 heavy (non-hydrogen) atoms. The molecule has 2 aromatic rings. The molecule has 0 spiro atoms. The number of fused-ring (bicyclic) bond motifs is 1. The number of aryl methyl sites for hydroxylation is 1. The van der Waals surface area contributed by atoms with Crippen molar-refractivity contribution in [2.75, 3.05) is 0 Å². The Morgan fingerprint density at radius 1 is 1.35 bits per heavy atom. The second kappa shape index (κ2) is 5.13. The minimum absolute atomic E-state index is 0.141. The van der Waals surface area contributed by atoms with Crippen molar-refractivity contribution in [1.82, 2.24) is 9.88 Å². The van der Waals surface area contributed by atoms with Gasteiger partial charge in [0.2, 0.25) is 0 Å². The fourth-order valence-corrected chi connectivity index (χ4v) is 2.86. The van der Waals surface area contributed by atoms with Gasteiger partial charge in [-0.05, 0) is 30.2 Å². The summed E-state index contributed by atoms with van der Waals surface area (Å²) in [4.78, 5) is 12.4. The largest absolute Gasteiger partial charge is 0.390 e. The first-order valence-electron chi connectivity index (χ1n) is 6.92. The summed E-state index contributed by atoms with van der Waals surface area (Å²) in [6.45, 7) is 2.75. The van der Waals surface area contributed by atoms with E-state index in [-0.39, 0.29) is 11.9 Å². The maximum absolute atomic E-state index is 12.4. The van der Waals surface area contributed by atoms with E-state index in [0.29, 0.717) is 12.1 Å². The lowest BCUT2D eigenvalue weighted by Crippen LogP contribution is -2.34. The van der Waals surface area contributed by atoms with Gasteiger partial charge in [-0.15, -0.1) is 0 Å². The summed E-state index contributed by atoms with van der Waals surface area (Å²) in [5, 5.41) is 13.1. The molecular formula is C16H18N2O2. The van der Waals surface area contributed by atoms with Gasteiger partial charge in [0.1, 0.15) is 5.69 Å². The van der Waals surface area contributed by atoms with Crippen molar-refractivity contribution in [3.05, 3.63) is 59.4 Å². The van der Waals surface area contributed by atoms with Crippen LogP contribution in [0, 0.1) is 0 Å². The number of aromatic nitrogens is 1. The number of rotatable bonds is 3. The number of carbonyl (C=O) groups excluding carboxylic acids is 1. The minimum atomic E-state index is -0.554. The molecule has 2 N–H and O–H groups in total. The van der Waals surface area contributed by atoms with Crippen LogP contribution in [0.2, 0.25) is 0 Å². The molecule has 2 atom stereocenters. The lowest BCUT2D eigenvalue weighted by molar-refractivity contribution is 0.0849. The molecule has 1 aliphatic carbocycles. The molecule has 0 fully saturated rings. The quantitative estimate of drug-likeness (QED) is 0.895. The second-order valence-electron chi connectivity index (χ2n) is 5.10. The first-order chi connectivity index (χ1) is 9.70. The Hall–Kier alpha value is -2.07. The van der Waals surface area contributed by atoms with Gasteiger partial charge >= 0.3 is 0 Å². The van der Waals surface area contributed by atoms with Gasteiger partial charge in [0.25, 0.3) is 5.91 Å². The summed E-state index contributed by atoms with van der Waals surface area (Å²) in [6.07, 6.45) is 1.92. The minimum Gasteiger partial charge on any atom is -0.390 e. The topological polar surface area (TPSA) is 54.3 Å². The second-order valence-corrected chi connectivity index (χ2v) is 5.10. The number of nitrogens with one attached hydrogen (secondary N) is 1. The van der Waals surface area contributed by atoms with Crippen LogP contribution in [0.15, 0.2) is 42.6 Å². The molecule has 0 bridgehead atoms. The van der Waals surface area contributed by atoms with Crippen LogP contribution in [-0.4, -0.2) is 21.7 Å². The van der Waals surface area contributed by atoms with Gasteiger partial charge in [0.05, 0.1) is 12.1 Å². The van der Waals surface area contributed by atoms with Crippen molar-refractivity contribution in [2.24, 2.45) is 0 Å². The van der Waals surface area contributed by atoms with Crippen LogP contribution in [0.3, 0.4) is 0 Å². The van der Waals surface area contributed by atoms with Crippen LogP contribution >= 0.6 is 0 Å². The summed E-state index contributed by atoms with van der Waals surface area (Å²) in [5.41, 5.74) is 2.75. The van der Waals surface area contributed by atoms with Crippen LogP contribution in [0.25, 0.3) is 0 Å². The molecule has 0 unspecified atom stereocenters. The Kier molecular flexibility index (Phi) is 3.32. The van der Waals surface area contributed by atoms with Crippen LogP contribution < -0.4 is 5.32 Å². The van der Waals surface area contributed by atoms with Gasteiger partial charge in [-0.25, -0.2) is 0 Å². The van der Waals surface area contributed by atoms with Crippen molar-refractivity contribution in [3.8, 4) is 0 Å². The van der Waals surface area contributed by atoms with E-state index in [0.717, 1.165) is 17.7 Å². The molecule has 0 saturated heterocycles. The fourth-order valence-electron chi connectivity index (χ4n) is 2.86. The first kappa shape index (κ1) is 12.9. The molecular weight excluding hydrogens is 252 g/mol. The van der Waals surface area contributed by atoms with E-state index in [1.165, 1.54) is 0 Å². The summed E-state index contributed by atoms with van der Waals surface area (Å²) in [5.74, 6) is -0.141. The molecule has 104 valence electrons. The molecule has 4 nitrogen and oxygen atoms in total. The normalized spacial score (nSPS) is 20.7. The molecule has 1 amide bonds.